The van der Waals surface area contributed by atoms with Gasteiger partial charge in [0.25, 0.3) is 5.22 Å². The van der Waals surface area contributed by atoms with Gasteiger partial charge in [-0.25, -0.2) is 4.98 Å². The lowest BCUT2D eigenvalue weighted by Crippen LogP contribution is -2.14. The molecule has 0 saturated heterocycles. The minimum absolute atomic E-state index is 0.0214. The van der Waals surface area contributed by atoms with Crippen molar-refractivity contribution in [3.05, 3.63) is 22.7 Å². The fraction of sp³-hybridized carbons (Fsp3) is 0.364. The van der Waals surface area contributed by atoms with Gasteiger partial charge in [0.15, 0.2) is 5.84 Å². The second-order valence-corrected chi connectivity index (χ2v) is 5.04. The summed E-state index contributed by atoms with van der Waals surface area (Å²) in [5.41, 5.74) is 7.79. The van der Waals surface area contributed by atoms with E-state index in [0.717, 1.165) is 11.5 Å². The Morgan fingerprint density at radius 1 is 1.37 bits per heavy atom. The first-order valence-corrected chi connectivity index (χ1v) is 6.39. The Balaban J connectivity index is 2.45. The fourth-order valence-corrected chi connectivity index (χ4v) is 2.71. The van der Waals surface area contributed by atoms with E-state index in [-0.39, 0.29) is 5.84 Å². The predicted molar refractivity (Wildman–Crippen MR) is 70.6 cm³/mol. The Kier molecular flexibility index (Phi) is 3.52. The normalized spacial score (nSPS) is 12.1. The van der Waals surface area contributed by atoms with Crippen LogP contribution < -0.4 is 5.73 Å². The molecule has 0 aromatic carbocycles. The summed E-state index contributed by atoms with van der Waals surface area (Å²) < 4.78 is 7.17. The topological polar surface area (TPSA) is 102 Å². The molecule has 19 heavy (non-hydrogen) atoms. The maximum Gasteiger partial charge on any atom is 0.262 e. The van der Waals surface area contributed by atoms with E-state index in [4.69, 9.17) is 15.4 Å². The van der Waals surface area contributed by atoms with E-state index in [1.807, 2.05) is 13.8 Å². The third kappa shape index (κ3) is 2.43. The molecule has 0 amide bonds. The highest BCUT2D eigenvalue weighted by Gasteiger charge is 2.20. The van der Waals surface area contributed by atoms with Crippen LogP contribution in [0.4, 0.5) is 0 Å². The molecule has 0 aliphatic carbocycles. The van der Waals surface area contributed by atoms with Crippen LogP contribution in [-0.4, -0.2) is 25.8 Å². The molecule has 0 unspecified atom stereocenters. The lowest BCUT2D eigenvalue weighted by molar-refractivity contribution is 0.318. The van der Waals surface area contributed by atoms with Gasteiger partial charge in [-0.2, -0.15) is 5.10 Å². The van der Waals surface area contributed by atoms with Crippen molar-refractivity contribution in [2.45, 2.75) is 31.0 Å². The first kappa shape index (κ1) is 13.5. The molecule has 0 spiro atoms. The van der Waals surface area contributed by atoms with E-state index in [2.05, 4.69) is 15.2 Å². The number of oxime groups is 1. The van der Waals surface area contributed by atoms with Crippen LogP contribution in [0.5, 0.6) is 0 Å². The Morgan fingerprint density at radius 3 is 2.58 bits per heavy atom. The van der Waals surface area contributed by atoms with Crippen LogP contribution in [0.2, 0.25) is 0 Å². The molecule has 2 rings (SSSR count). The maximum absolute atomic E-state index is 8.84. The van der Waals surface area contributed by atoms with Gasteiger partial charge < -0.3 is 15.4 Å². The quantitative estimate of drug-likeness (QED) is 0.383. The smallest absolute Gasteiger partial charge is 0.262 e. The molecule has 0 atom stereocenters. The Hall–Kier alpha value is -1.96. The van der Waals surface area contributed by atoms with Crippen LogP contribution in [0.25, 0.3) is 0 Å². The molecule has 102 valence electrons. The number of nitrogens with zero attached hydrogens (tertiary/aromatic N) is 4. The maximum atomic E-state index is 8.84. The molecular formula is C11H15N5O2S. The summed E-state index contributed by atoms with van der Waals surface area (Å²) in [5.74, 6) is 0.792. The van der Waals surface area contributed by atoms with Crippen molar-refractivity contribution in [2.75, 3.05) is 0 Å². The lowest BCUT2D eigenvalue weighted by Gasteiger charge is -2.02. The summed E-state index contributed by atoms with van der Waals surface area (Å²) in [6.45, 7) is 5.52. The summed E-state index contributed by atoms with van der Waals surface area (Å²) in [6.07, 6.45) is 0. The first-order chi connectivity index (χ1) is 8.93. The molecule has 3 N–H and O–H groups in total. The minimum atomic E-state index is 0.0214. The van der Waals surface area contributed by atoms with Crippen LogP contribution in [0, 0.1) is 20.8 Å². The van der Waals surface area contributed by atoms with Crippen LogP contribution in [-0.2, 0) is 7.05 Å². The van der Waals surface area contributed by atoms with Crippen molar-refractivity contribution in [2.24, 2.45) is 17.9 Å². The third-order valence-corrected chi connectivity index (χ3v) is 3.74. The molecule has 8 heteroatoms. The monoisotopic (exact) mass is 281 g/mol. The molecular weight excluding hydrogens is 266 g/mol. The van der Waals surface area contributed by atoms with Crippen molar-refractivity contribution in [1.29, 1.82) is 0 Å². The van der Waals surface area contributed by atoms with Gasteiger partial charge in [0.05, 0.1) is 17.0 Å². The Bertz CT molecular complexity index is 624. The average Bonchev–Trinajstić information content (AvgIpc) is 2.80. The second kappa shape index (κ2) is 4.96. The van der Waals surface area contributed by atoms with Gasteiger partial charge in [0.1, 0.15) is 10.8 Å². The molecule has 2 aromatic heterocycles. The molecule has 0 saturated carbocycles. The van der Waals surface area contributed by atoms with Gasteiger partial charge in [-0.05, 0) is 32.5 Å². The van der Waals surface area contributed by atoms with E-state index in [1.165, 1.54) is 11.8 Å². The zero-order valence-electron chi connectivity index (χ0n) is 11.1. The molecule has 0 aliphatic rings. The third-order valence-electron chi connectivity index (χ3n) is 2.73. The van der Waals surface area contributed by atoms with Crippen LogP contribution >= 0.6 is 11.8 Å². The van der Waals surface area contributed by atoms with E-state index < -0.39 is 0 Å². The Labute approximate surface area is 114 Å². The van der Waals surface area contributed by atoms with Crippen molar-refractivity contribution < 1.29 is 9.62 Å². The minimum Gasteiger partial charge on any atom is -0.436 e. The molecule has 2 heterocycles. The average molecular weight is 281 g/mol. The Morgan fingerprint density at radius 2 is 2.05 bits per heavy atom. The second-order valence-electron chi connectivity index (χ2n) is 4.10. The molecule has 0 radical (unpaired) electrons. The van der Waals surface area contributed by atoms with E-state index in [1.54, 1.807) is 18.7 Å². The zero-order valence-corrected chi connectivity index (χ0v) is 11.9. The molecule has 0 bridgehead atoms. The van der Waals surface area contributed by atoms with Crippen LogP contribution in [0.3, 0.4) is 0 Å². The van der Waals surface area contributed by atoms with Gasteiger partial charge in [-0.1, -0.05) is 5.16 Å². The van der Waals surface area contributed by atoms with Crippen LogP contribution in [0.15, 0.2) is 19.8 Å². The highest BCUT2D eigenvalue weighted by atomic mass is 32.2. The number of nitrogens with two attached hydrogens (primary N) is 1. The van der Waals surface area contributed by atoms with Crippen LogP contribution in [0.1, 0.15) is 22.7 Å². The predicted octanol–water partition coefficient (Wildman–Crippen LogP) is 1.58. The largest absolute Gasteiger partial charge is 0.436 e. The van der Waals surface area contributed by atoms with E-state index in [9.17, 15) is 0 Å². The first-order valence-electron chi connectivity index (χ1n) is 5.57. The zero-order chi connectivity index (χ0) is 14.2. The number of aromatic nitrogens is 3. The summed E-state index contributed by atoms with van der Waals surface area (Å²) in [7, 11) is 1.78. The van der Waals surface area contributed by atoms with Gasteiger partial charge in [0, 0.05) is 7.05 Å². The highest BCUT2D eigenvalue weighted by Crippen LogP contribution is 2.31. The number of amidine groups is 1. The lowest BCUT2D eigenvalue weighted by atomic mass is 10.2. The molecule has 2 aromatic rings. The van der Waals surface area contributed by atoms with Crippen molar-refractivity contribution in [1.82, 2.24) is 14.8 Å². The number of rotatable bonds is 3. The van der Waals surface area contributed by atoms with Gasteiger partial charge in [-0.3, -0.25) is 4.68 Å². The van der Waals surface area contributed by atoms with Gasteiger partial charge >= 0.3 is 0 Å². The summed E-state index contributed by atoms with van der Waals surface area (Å²) in [6, 6.07) is 0. The standard InChI is InChI=1S/C11H15N5O2S/c1-5-7(3)18-11(13-5)19-10-8(9(12)15-17)6(2)14-16(10)4/h17H,1-4H3,(H2,12,15). The van der Waals surface area contributed by atoms with Crippen molar-refractivity contribution in [3.63, 3.8) is 0 Å². The number of hydrogen-bond acceptors (Lipinski definition) is 6. The number of hydrogen-bond donors (Lipinski definition) is 2. The van der Waals surface area contributed by atoms with Crippen molar-refractivity contribution >= 4 is 17.6 Å². The highest BCUT2D eigenvalue weighted by molar-refractivity contribution is 7.99. The number of oxazole rings is 1. The summed E-state index contributed by atoms with van der Waals surface area (Å²) >= 11 is 1.29. The van der Waals surface area contributed by atoms with Gasteiger partial charge in [-0.15, -0.1) is 0 Å². The van der Waals surface area contributed by atoms with E-state index in [0.29, 0.717) is 21.5 Å². The molecule has 0 aliphatic heterocycles. The fourth-order valence-electron chi connectivity index (χ4n) is 1.67. The van der Waals surface area contributed by atoms with E-state index >= 15 is 0 Å². The van der Waals surface area contributed by atoms with Gasteiger partial charge in [0.2, 0.25) is 0 Å². The van der Waals surface area contributed by atoms with Crippen molar-refractivity contribution in [3.8, 4) is 0 Å². The molecule has 0 fully saturated rings. The molecule has 7 nitrogen and oxygen atoms in total. The summed E-state index contributed by atoms with van der Waals surface area (Å²) in [5, 5.41) is 17.4. The summed E-state index contributed by atoms with van der Waals surface area (Å²) in [4.78, 5) is 4.29. The SMILES string of the molecule is Cc1nc(Sc2c(C(N)=NO)c(C)nn2C)oc1C. The number of aryl methyl sites for hydroxylation is 4.